The number of esters is 1. The Morgan fingerprint density at radius 3 is 2.56 bits per heavy atom. The number of carbonyl (C=O) groups is 1. The van der Waals surface area contributed by atoms with Crippen molar-refractivity contribution in [1.82, 2.24) is 0 Å². The highest BCUT2D eigenvalue weighted by Gasteiger charge is 2.07. The molecular weight excluding hydrogens is 292 g/mol. The van der Waals surface area contributed by atoms with Crippen molar-refractivity contribution in [3.8, 4) is 0 Å². The fourth-order valence-electron chi connectivity index (χ4n) is 1.53. The molecule has 0 aliphatic carbocycles. The van der Waals surface area contributed by atoms with Gasteiger partial charge in [0, 0.05) is 4.47 Å². The summed E-state index contributed by atoms with van der Waals surface area (Å²) in [7, 11) is 0. The zero-order valence-electron chi connectivity index (χ0n) is 10.0. The zero-order chi connectivity index (χ0) is 13.0. The van der Waals surface area contributed by atoms with Crippen LogP contribution in [0.5, 0.6) is 0 Å². The third-order valence-electron chi connectivity index (χ3n) is 2.55. The van der Waals surface area contributed by atoms with Crippen molar-refractivity contribution in [2.24, 2.45) is 0 Å². The molecule has 2 aromatic rings. The molecule has 0 amide bonds. The molecule has 0 fully saturated rings. The second kappa shape index (κ2) is 5.83. The molecule has 0 atom stereocenters. The van der Waals surface area contributed by atoms with Crippen molar-refractivity contribution in [3.05, 3.63) is 69.7 Å². The van der Waals surface area contributed by atoms with Crippen LogP contribution in [-0.4, -0.2) is 5.97 Å². The van der Waals surface area contributed by atoms with Gasteiger partial charge >= 0.3 is 5.97 Å². The Morgan fingerprint density at radius 2 is 1.89 bits per heavy atom. The topological polar surface area (TPSA) is 26.3 Å². The lowest BCUT2D eigenvalue weighted by Crippen LogP contribution is -2.05. The summed E-state index contributed by atoms with van der Waals surface area (Å²) < 4.78 is 6.12. The van der Waals surface area contributed by atoms with E-state index in [0.717, 1.165) is 10.0 Å². The Hall–Kier alpha value is -1.61. The number of hydrogen-bond donors (Lipinski definition) is 0. The molecule has 0 saturated carbocycles. The van der Waals surface area contributed by atoms with Gasteiger partial charge in [0.25, 0.3) is 0 Å². The van der Waals surface area contributed by atoms with E-state index in [1.165, 1.54) is 5.56 Å². The van der Waals surface area contributed by atoms with Gasteiger partial charge in [-0.25, -0.2) is 4.79 Å². The zero-order valence-corrected chi connectivity index (χ0v) is 11.6. The van der Waals surface area contributed by atoms with E-state index in [4.69, 9.17) is 4.74 Å². The van der Waals surface area contributed by atoms with Crippen molar-refractivity contribution in [3.63, 3.8) is 0 Å². The van der Waals surface area contributed by atoms with Crippen LogP contribution in [-0.2, 0) is 11.3 Å². The van der Waals surface area contributed by atoms with Gasteiger partial charge in [0.15, 0.2) is 0 Å². The van der Waals surface area contributed by atoms with E-state index >= 15 is 0 Å². The predicted molar refractivity (Wildman–Crippen MR) is 74.4 cm³/mol. The second-order valence-electron chi connectivity index (χ2n) is 4.07. The van der Waals surface area contributed by atoms with Gasteiger partial charge in [-0.05, 0) is 30.7 Å². The number of rotatable bonds is 3. The molecule has 2 nitrogen and oxygen atoms in total. The van der Waals surface area contributed by atoms with Gasteiger partial charge in [0.05, 0.1) is 5.56 Å². The molecule has 0 bridgehead atoms. The lowest BCUT2D eigenvalue weighted by Gasteiger charge is -2.05. The van der Waals surface area contributed by atoms with Crippen molar-refractivity contribution < 1.29 is 9.53 Å². The first-order valence-electron chi connectivity index (χ1n) is 5.63. The summed E-state index contributed by atoms with van der Waals surface area (Å²) in [5.41, 5.74) is 2.73. The second-order valence-corrected chi connectivity index (χ2v) is 4.99. The lowest BCUT2D eigenvalue weighted by atomic mass is 10.2. The normalized spacial score (nSPS) is 10.1. The quantitative estimate of drug-likeness (QED) is 0.798. The average molecular weight is 305 g/mol. The van der Waals surface area contributed by atoms with E-state index in [-0.39, 0.29) is 5.97 Å². The summed E-state index contributed by atoms with van der Waals surface area (Å²) in [5, 5.41) is 0. The molecule has 2 aromatic carbocycles. The number of carbonyl (C=O) groups excluding carboxylic acids is 1. The van der Waals surface area contributed by atoms with Gasteiger partial charge < -0.3 is 4.74 Å². The van der Waals surface area contributed by atoms with Crippen LogP contribution in [0, 0.1) is 6.92 Å². The van der Waals surface area contributed by atoms with E-state index in [1.54, 1.807) is 12.1 Å². The van der Waals surface area contributed by atoms with Gasteiger partial charge in [-0.1, -0.05) is 51.8 Å². The average Bonchev–Trinajstić information content (AvgIpc) is 2.38. The highest BCUT2D eigenvalue weighted by Crippen LogP contribution is 2.13. The first-order chi connectivity index (χ1) is 8.65. The first-order valence-corrected chi connectivity index (χ1v) is 6.43. The van der Waals surface area contributed by atoms with Crippen molar-refractivity contribution in [1.29, 1.82) is 0 Å². The number of benzene rings is 2. The van der Waals surface area contributed by atoms with Gasteiger partial charge in [0.2, 0.25) is 0 Å². The molecule has 92 valence electrons. The van der Waals surface area contributed by atoms with Crippen LogP contribution in [0.4, 0.5) is 0 Å². The van der Waals surface area contributed by atoms with Crippen molar-refractivity contribution >= 4 is 21.9 Å². The smallest absolute Gasteiger partial charge is 0.338 e. The van der Waals surface area contributed by atoms with Crippen LogP contribution in [0.2, 0.25) is 0 Å². The number of halogens is 1. The minimum atomic E-state index is -0.308. The standard InChI is InChI=1S/C15H13BrO2/c1-11-5-7-12(8-6-11)10-18-15(17)13-3-2-4-14(16)9-13/h2-9H,10H2,1H3. The first kappa shape index (κ1) is 12.8. The molecule has 0 aromatic heterocycles. The van der Waals surface area contributed by atoms with Crippen LogP contribution >= 0.6 is 15.9 Å². The highest BCUT2D eigenvalue weighted by atomic mass is 79.9. The predicted octanol–water partition coefficient (Wildman–Crippen LogP) is 4.11. The summed E-state index contributed by atoms with van der Waals surface area (Å²) in [4.78, 5) is 11.8. The van der Waals surface area contributed by atoms with Crippen LogP contribution < -0.4 is 0 Å². The molecule has 0 aliphatic rings. The molecule has 18 heavy (non-hydrogen) atoms. The number of ether oxygens (including phenoxy) is 1. The largest absolute Gasteiger partial charge is 0.457 e. The van der Waals surface area contributed by atoms with E-state index in [1.807, 2.05) is 43.3 Å². The highest BCUT2D eigenvalue weighted by molar-refractivity contribution is 9.10. The summed E-state index contributed by atoms with van der Waals surface area (Å²) in [5.74, 6) is -0.308. The van der Waals surface area contributed by atoms with E-state index in [2.05, 4.69) is 15.9 Å². The SMILES string of the molecule is Cc1ccc(COC(=O)c2cccc(Br)c2)cc1. The Bertz CT molecular complexity index is 547. The molecule has 0 unspecified atom stereocenters. The Labute approximate surface area is 115 Å². The maximum absolute atomic E-state index is 11.8. The molecule has 0 spiro atoms. The fourth-order valence-corrected chi connectivity index (χ4v) is 1.93. The molecular formula is C15H13BrO2. The van der Waals surface area contributed by atoms with E-state index in [9.17, 15) is 4.79 Å². The summed E-state index contributed by atoms with van der Waals surface area (Å²) >= 11 is 3.33. The Morgan fingerprint density at radius 1 is 1.17 bits per heavy atom. The van der Waals surface area contributed by atoms with Gasteiger partial charge in [-0.15, -0.1) is 0 Å². The van der Waals surface area contributed by atoms with Crippen molar-refractivity contribution in [2.75, 3.05) is 0 Å². The molecule has 0 radical (unpaired) electrons. The van der Waals surface area contributed by atoms with Crippen LogP contribution in [0.1, 0.15) is 21.5 Å². The van der Waals surface area contributed by atoms with E-state index in [0.29, 0.717) is 12.2 Å². The number of aryl methyl sites for hydroxylation is 1. The van der Waals surface area contributed by atoms with Crippen molar-refractivity contribution in [2.45, 2.75) is 13.5 Å². The molecule has 0 saturated heterocycles. The van der Waals surface area contributed by atoms with Crippen LogP contribution in [0.15, 0.2) is 53.0 Å². The summed E-state index contributed by atoms with van der Waals surface area (Å²) in [6.45, 7) is 2.32. The minimum Gasteiger partial charge on any atom is -0.457 e. The molecule has 0 aliphatic heterocycles. The van der Waals surface area contributed by atoms with Gasteiger partial charge in [0.1, 0.15) is 6.61 Å². The number of hydrogen-bond acceptors (Lipinski definition) is 2. The summed E-state index contributed by atoms with van der Waals surface area (Å²) in [6.07, 6.45) is 0. The summed E-state index contributed by atoms with van der Waals surface area (Å²) in [6, 6.07) is 15.1. The molecule has 2 rings (SSSR count). The third kappa shape index (κ3) is 3.44. The van der Waals surface area contributed by atoms with Crippen LogP contribution in [0.3, 0.4) is 0 Å². The molecule has 0 N–H and O–H groups in total. The minimum absolute atomic E-state index is 0.297. The van der Waals surface area contributed by atoms with Crippen LogP contribution in [0.25, 0.3) is 0 Å². The van der Waals surface area contributed by atoms with E-state index < -0.39 is 0 Å². The molecule has 0 heterocycles. The van der Waals surface area contributed by atoms with Gasteiger partial charge in [-0.3, -0.25) is 0 Å². The van der Waals surface area contributed by atoms with Gasteiger partial charge in [-0.2, -0.15) is 0 Å². The Kier molecular flexibility index (Phi) is 4.15. The monoisotopic (exact) mass is 304 g/mol. The molecule has 3 heteroatoms. The Balaban J connectivity index is 1.98. The maximum atomic E-state index is 11.8. The third-order valence-corrected chi connectivity index (χ3v) is 3.04. The lowest BCUT2D eigenvalue weighted by molar-refractivity contribution is 0.0472. The fraction of sp³-hybridized carbons (Fsp3) is 0.133. The maximum Gasteiger partial charge on any atom is 0.338 e.